The lowest BCUT2D eigenvalue weighted by molar-refractivity contribution is -0.128. The molecule has 0 N–H and O–H groups in total. The van der Waals surface area contributed by atoms with Crippen molar-refractivity contribution in [2.24, 2.45) is 0 Å². The zero-order chi connectivity index (χ0) is 11.0. The number of thiophene rings is 1. The molecule has 0 bridgehead atoms. The van der Waals surface area contributed by atoms with Crippen LogP contribution in [0.25, 0.3) is 0 Å². The van der Waals surface area contributed by atoms with E-state index in [9.17, 15) is 4.79 Å². The van der Waals surface area contributed by atoms with Crippen LogP contribution in [0, 0.1) is 0 Å². The summed E-state index contributed by atoms with van der Waals surface area (Å²) < 4.78 is 11.1. The van der Waals surface area contributed by atoms with Gasteiger partial charge in [0.2, 0.25) is 5.91 Å². The van der Waals surface area contributed by atoms with Crippen LogP contribution in [0.4, 0.5) is 0 Å². The van der Waals surface area contributed by atoms with Crippen LogP contribution in [0.15, 0.2) is 5.38 Å². The first kappa shape index (κ1) is 9.96. The fraction of sp³-hybridized carbons (Fsp3) is 0.545. The van der Waals surface area contributed by atoms with Crippen LogP contribution in [-0.4, -0.2) is 30.6 Å². The van der Waals surface area contributed by atoms with E-state index in [-0.39, 0.29) is 5.91 Å². The highest BCUT2D eigenvalue weighted by molar-refractivity contribution is 7.10. The minimum atomic E-state index is 0.249. The van der Waals surface area contributed by atoms with Gasteiger partial charge in [0.15, 0.2) is 11.5 Å². The van der Waals surface area contributed by atoms with E-state index >= 15 is 0 Å². The van der Waals surface area contributed by atoms with E-state index in [1.807, 2.05) is 10.3 Å². The maximum absolute atomic E-state index is 11.5. The number of carbonyl (C=O) groups excluding carboxylic acids is 1. The molecule has 1 saturated heterocycles. The Balaban J connectivity index is 1.79. The molecule has 1 fully saturated rings. The number of hydrogen-bond donors (Lipinski definition) is 0. The van der Waals surface area contributed by atoms with Crippen molar-refractivity contribution < 1.29 is 14.3 Å². The average Bonchev–Trinajstić information content (AvgIpc) is 2.88. The summed E-state index contributed by atoms with van der Waals surface area (Å²) in [5, 5.41) is 1.96. The van der Waals surface area contributed by atoms with Gasteiger partial charge in [-0.05, 0) is 6.42 Å². The van der Waals surface area contributed by atoms with Crippen LogP contribution in [0.5, 0.6) is 11.5 Å². The first-order valence-electron chi connectivity index (χ1n) is 5.48. The topological polar surface area (TPSA) is 38.8 Å². The lowest BCUT2D eigenvalue weighted by Gasteiger charge is -2.19. The Morgan fingerprint density at radius 2 is 2.25 bits per heavy atom. The van der Waals surface area contributed by atoms with Crippen LogP contribution in [0.1, 0.15) is 17.7 Å². The third kappa shape index (κ3) is 1.65. The monoisotopic (exact) mass is 239 g/mol. The minimum absolute atomic E-state index is 0.249. The predicted molar refractivity (Wildman–Crippen MR) is 60.0 cm³/mol. The number of carbonyl (C=O) groups is 1. The summed E-state index contributed by atoms with van der Waals surface area (Å²) in [6.07, 6.45) is 1.66. The Morgan fingerprint density at radius 3 is 3.06 bits per heavy atom. The van der Waals surface area contributed by atoms with Crippen LogP contribution in [0.2, 0.25) is 0 Å². The summed E-state index contributed by atoms with van der Waals surface area (Å²) in [6, 6.07) is 0. The first-order chi connectivity index (χ1) is 7.84. The van der Waals surface area contributed by atoms with Crippen molar-refractivity contribution in [1.82, 2.24) is 4.90 Å². The molecule has 4 nitrogen and oxygen atoms in total. The number of nitrogens with zero attached hydrogens (tertiary/aromatic N) is 1. The molecule has 2 aliphatic rings. The van der Waals surface area contributed by atoms with Gasteiger partial charge in [-0.3, -0.25) is 4.79 Å². The van der Waals surface area contributed by atoms with Crippen LogP contribution in [-0.2, 0) is 11.3 Å². The van der Waals surface area contributed by atoms with Gasteiger partial charge in [0.25, 0.3) is 0 Å². The fourth-order valence-electron chi connectivity index (χ4n) is 2.07. The van der Waals surface area contributed by atoms with Gasteiger partial charge in [-0.15, -0.1) is 11.3 Å². The Labute approximate surface area is 97.8 Å². The molecule has 0 aliphatic carbocycles. The summed E-state index contributed by atoms with van der Waals surface area (Å²) >= 11 is 1.61. The summed E-state index contributed by atoms with van der Waals surface area (Å²) in [4.78, 5) is 14.5. The Morgan fingerprint density at radius 1 is 1.38 bits per heavy atom. The normalized spacial score (nSPS) is 19.2. The molecule has 0 aromatic carbocycles. The standard InChI is InChI=1S/C11H13NO3S/c13-10-2-1-3-12(10)6-9-11-8(7-16-9)14-4-5-15-11/h7H,1-6H2. The molecular formula is C11H13NO3S. The van der Waals surface area contributed by atoms with Gasteiger partial charge in [0.05, 0.1) is 11.4 Å². The minimum Gasteiger partial charge on any atom is -0.485 e. The van der Waals surface area contributed by atoms with E-state index in [1.54, 1.807) is 11.3 Å². The smallest absolute Gasteiger partial charge is 0.222 e. The molecule has 5 heteroatoms. The van der Waals surface area contributed by atoms with E-state index in [0.717, 1.165) is 29.3 Å². The third-order valence-corrected chi connectivity index (χ3v) is 3.81. The SMILES string of the molecule is O=C1CCCN1Cc1scc2c1OCCO2. The third-order valence-electron chi connectivity index (χ3n) is 2.88. The molecule has 3 rings (SSSR count). The molecule has 2 aliphatic heterocycles. The molecule has 0 atom stereocenters. The van der Waals surface area contributed by atoms with Crippen LogP contribution in [0.3, 0.4) is 0 Å². The molecular weight excluding hydrogens is 226 g/mol. The van der Waals surface area contributed by atoms with Crippen molar-refractivity contribution >= 4 is 17.2 Å². The molecule has 0 radical (unpaired) electrons. The largest absolute Gasteiger partial charge is 0.485 e. The molecule has 86 valence electrons. The molecule has 1 aromatic rings. The Bertz CT molecular complexity index is 415. The van der Waals surface area contributed by atoms with Crippen molar-refractivity contribution in [3.8, 4) is 11.5 Å². The number of rotatable bonds is 2. The van der Waals surface area contributed by atoms with Gasteiger partial charge < -0.3 is 14.4 Å². The number of amides is 1. The van der Waals surface area contributed by atoms with E-state index < -0.39 is 0 Å². The summed E-state index contributed by atoms with van der Waals surface area (Å²) in [5.74, 6) is 1.92. The maximum Gasteiger partial charge on any atom is 0.222 e. The second kappa shape index (κ2) is 3.97. The second-order valence-corrected chi connectivity index (χ2v) is 4.93. The summed E-state index contributed by atoms with van der Waals surface area (Å²) in [7, 11) is 0. The molecule has 0 unspecified atom stereocenters. The highest BCUT2D eigenvalue weighted by Crippen LogP contribution is 2.40. The number of fused-ring (bicyclic) bond motifs is 1. The van der Waals surface area contributed by atoms with E-state index in [1.165, 1.54) is 0 Å². The maximum atomic E-state index is 11.5. The van der Waals surface area contributed by atoms with E-state index in [0.29, 0.717) is 26.2 Å². The van der Waals surface area contributed by atoms with Crippen molar-refractivity contribution in [3.63, 3.8) is 0 Å². The van der Waals surface area contributed by atoms with Crippen molar-refractivity contribution in [2.45, 2.75) is 19.4 Å². The van der Waals surface area contributed by atoms with Crippen molar-refractivity contribution in [1.29, 1.82) is 0 Å². The lowest BCUT2D eigenvalue weighted by atomic mass is 10.3. The Hall–Kier alpha value is -1.23. The van der Waals surface area contributed by atoms with Gasteiger partial charge in [0.1, 0.15) is 13.2 Å². The fourth-order valence-corrected chi connectivity index (χ4v) is 2.99. The van der Waals surface area contributed by atoms with Crippen LogP contribution >= 0.6 is 11.3 Å². The summed E-state index contributed by atoms with van der Waals surface area (Å²) in [5.41, 5.74) is 0. The molecule has 3 heterocycles. The number of hydrogen-bond acceptors (Lipinski definition) is 4. The summed E-state index contributed by atoms with van der Waals surface area (Å²) in [6.45, 7) is 2.76. The van der Waals surface area contributed by atoms with Crippen molar-refractivity contribution in [3.05, 3.63) is 10.3 Å². The van der Waals surface area contributed by atoms with Gasteiger partial charge in [-0.25, -0.2) is 0 Å². The highest BCUT2D eigenvalue weighted by atomic mass is 32.1. The number of likely N-dealkylation sites (tertiary alicyclic amines) is 1. The van der Waals surface area contributed by atoms with Crippen molar-refractivity contribution in [2.75, 3.05) is 19.8 Å². The zero-order valence-electron chi connectivity index (χ0n) is 8.90. The van der Waals surface area contributed by atoms with Gasteiger partial charge in [-0.2, -0.15) is 0 Å². The molecule has 1 amide bonds. The highest BCUT2D eigenvalue weighted by Gasteiger charge is 2.25. The zero-order valence-corrected chi connectivity index (χ0v) is 9.72. The quantitative estimate of drug-likeness (QED) is 0.787. The second-order valence-electron chi connectivity index (χ2n) is 3.97. The average molecular weight is 239 g/mol. The Kier molecular flexibility index (Phi) is 2.47. The van der Waals surface area contributed by atoms with Gasteiger partial charge >= 0.3 is 0 Å². The molecule has 0 spiro atoms. The number of ether oxygens (including phenoxy) is 2. The van der Waals surface area contributed by atoms with E-state index in [4.69, 9.17) is 9.47 Å². The van der Waals surface area contributed by atoms with Gasteiger partial charge in [-0.1, -0.05) is 0 Å². The van der Waals surface area contributed by atoms with Gasteiger partial charge in [0, 0.05) is 18.3 Å². The molecule has 1 aromatic heterocycles. The van der Waals surface area contributed by atoms with Crippen LogP contribution < -0.4 is 9.47 Å². The predicted octanol–water partition coefficient (Wildman–Crippen LogP) is 1.64. The lowest BCUT2D eigenvalue weighted by Crippen LogP contribution is -2.24. The molecule has 0 saturated carbocycles. The van der Waals surface area contributed by atoms with E-state index in [2.05, 4.69) is 0 Å². The first-order valence-corrected chi connectivity index (χ1v) is 6.36. The molecule has 16 heavy (non-hydrogen) atoms.